The minimum absolute atomic E-state index is 0.00581. The second kappa shape index (κ2) is 8.00. The van der Waals surface area contributed by atoms with Crippen LogP contribution in [0.4, 0.5) is 4.39 Å². The van der Waals surface area contributed by atoms with E-state index in [0.717, 1.165) is 31.7 Å². The first-order chi connectivity index (χ1) is 11.5. The number of nitrogens with zero attached hydrogens (tertiary/aromatic N) is 1. The number of benzene rings is 1. The van der Waals surface area contributed by atoms with Gasteiger partial charge in [0.2, 0.25) is 0 Å². The zero-order valence-electron chi connectivity index (χ0n) is 13.3. The van der Waals surface area contributed by atoms with Gasteiger partial charge in [-0.2, -0.15) is 0 Å². The van der Waals surface area contributed by atoms with E-state index in [0.29, 0.717) is 26.3 Å². The van der Waals surface area contributed by atoms with Gasteiger partial charge in [0.1, 0.15) is 5.82 Å². The largest absolute Gasteiger partial charge is 0.376 e. The van der Waals surface area contributed by atoms with Gasteiger partial charge in [-0.3, -0.25) is 4.79 Å². The van der Waals surface area contributed by atoms with E-state index in [4.69, 9.17) is 32.7 Å². The summed E-state index contributed by atoms with van der Waals surface area (Å²) in [6, 6.07) is 2.37. The molecule has 1 amide bonds. The van der Waals surface area contributed by atoms with Gasteiger partial charge in [-0.1, -0.05) is 23.2 Å². The predicted molar refractivity (Wildman–Crippen MR) is 90.3 cm³/mol. The van der Waals surface area contributed by atoms with Crippen molar-refractivity contribution >= 4 is 29.1 Å². The lowest BCUT2D eigenvalue weighted by Crippen LogP contribution is -2.42. The van der Waals surface area contributed by atoms with Gasteiger partial charge in [-0.25, -0.2) is 4.39 Å². The maximum atomic E-state index is 13.8. The number of amides is 1. The topological polar surface area (TPSA) is 38.8 Å². The van der Waals surface area contributed by atoms with Gasteiger partial charge in [0.15, 0.2) is 0 Å². The fraction of sp³-hybridized carbons (Fsp3) is 0.588. The quantitative estimate of drug-likeness (QED) is 0.731. The number of hydrogen-bond donors (Lipinski definition) is 0. The summed E-state index contributed by atoms with van der Waals surface area (Å²) in [5.74, 6) is -0.972. The maximum absolute atomic E-state index is 13.8. The SMILES string of the molecule is O=C(c1cc(F)c(Cl)cc1Cl)N(C[C@H]1CCCO1)C[C@@H]1CCCO1. The van der Waals surface area contributed by atoms with Crippen LogP contribution in [0.15, 0.2) is 12.1 Å². The molecule has 0 spiro atoms. The second-order valence-electron chi connectivity index (χ2n) is 6.23. The average Bonchev–Trinajstić information content (AvgIpc) is 3.23. The Balaban J connectivity index is 1.79. The molecular formula is C17H20Cl2FNO3. The molecule has 2 aliphatic heterocycles. The first kappa shape index (κ1) is 17.9. The summed E-state index contributed by atoms with van der Waals surface area (Å²) >= 11 is 11.8. The van der Waals surface area contributed by atoms with E-state index in [2.05, 4.69) is 0 Å². The Labute approximate surface area is 150 Å². The van der Waals surface area contributed by atoms with Gasteiger partial charge in [-0.05, 0) is 37.8 Å². The van der Waals surface area contributed by atoms with Crippen LogP contribution in [0.3, 0.4) is 0 Å². The number of carbonyl (C=O) groups excluding carboxylic acids is 1. The van der Waals surface area contributed by atoms with Crippen LogP contribution >= 0.6 is 23.2 Å². The van der Waals surface area contributed by atoms with Gasteiger partial charge in [0.25, 0.3) is 5.91 Å². The lowest BCUT2D eigenvalue weighted by Gasteiger charge is -2.28. The van der Waals surface area contributed by atoms with Crippen molar-refractivity contribution in [1.82, 2.24) is 4.90 Å². The molecule has 0 aromatic heterocycles. The average molecular weight is 376 g/mol. The van der Waals surface area contributed by atoms with E-state index in [1.807, 2.05) is 0 Å². The normalized spacial score (nSPS) is 23.6. The summed E-state index contributed by atoms with van der Waals surface area (Å²) < 4.78 is 25.1. The predicted octanol–water partition coefficient (Wildman–Crippen LogP) is 3.93. The molecule has 1 aromatic carbocycles. The minimum Gasteiger partial charge on any atom is -0.376 e. The molecule has 24 heavy (non-hydrogen) atoms. The first-order valence-electron chi connectivity index (χ1n) is 8.21. The molecule has 132 valence electrons. The smallest absolute Gasteiger partial charge is 0.255 e. The Morgan fingerprint density at radius 3 is 2.17 bits per heavy atom. The molecule has 0 unspecified atom stereocenters. The molecular weight excluding hydrogens is 356 g/mol. The minimum atomic E-state index is -0.654. The zero-order valence-corrected chi connectivity index (χ0v) is 14.8. The monoisotopic (exact) mass is 375 g/mol. The standard InChI is InChI=1S/C17H20Cl2FNO3/c18-14-8-15(19)16(20)7-13(14)17(22)21(9-11-3-1-5-23-11)10-12-4-2-6-24-12/h7-8,11-12H,1-6,9-10H2/t11-,12+. The van der Waals surface area contributed by atoms with Crippen molar-refractivity contribution in [3.63, 3.8) is 0 Å². The summed E-state index contributed by atoms with van der Waals surface area (Å²) in [5.41, 5.74) is 0.120. The van der Waals surface area contributed by atoms with E-state index in [1.165, 1.54) is 6.07 Å². The van der Waals surface area contributed by atoms with E-state index in [-0.39, 0.29) is 33.7 Å². The molecule has 2 atom stereocenters. The van der Waals surface area contributed by atoms with Crippen molar-refractivity contribution in [2.24, 2.45) is 0 Å². The molecule has 0 N–H and O–H groups in total. The zero-order chi connectivity index (χ0) is 17.1. The number of hydrogen-bond acceptors (Lipinski definition) is 3. The van der Waals surface area contributed by atoms with Crippen LogP contribution in [0.5, 0.6) is 0 Å². The Morgan fingerprint density at radius 2 is 1.67 bits per heavy atom. The highest BCUT2D eigenvalue weighted by atomic mass is 35.5. The highest BCUT2D eigenvalue weighted by Gasteiger charge is 2.29. The highest BCUT2D eigenvalue weighted by molar-refractivity contribution is 6.36. The van der Waals surface area contributed by atoms with Crippen LogP contribution in [-0.4, -0.2) is 49.3 Å². The molecule has 2 heterocycles. The molecule has 0 aliphatic carbocycles. The number of carbonyl (C=O) groups is 1. The Hall–Kier alpha value is -0.880. The summed E-state index contributed by atoms with van der Waals surface area (Å²) in [5, 5.41) is 0.0532. The van der Waals surface area contributed by atoms with Crippen LogP contribution in [0.1, 0.15) is 36.0 Å². The lowest BCUT2D eigenvalue weighted by atomic mass is 10.1. The second-order valence-corrected chi connectivity index (χ2v) is 7.04. The fourth-order valence-corrected chi connectivity index (χ4v) is 3.63. The summed E-state index contributed by atoms with van der Waals surface area (Å²) in [4.78, 5) is 14.6. The van der Waals surface area contributed by atoms with E-state index in [9.17, 15) is 9.18 Å². The Bertz CT molecular complexity index is 584. The molecule has 3 rings (SSSR count). The molecule has 2 fully saturated rings. The molecule has 0 bridgehead atoms. The van der Waals surface area contributed by atoms with Gasteiger partial charge >= 0.3 is 0 Å². The number of ether oxygens (including phenoxy) is 2. The maximum Gasteiger partial charge on any atom is 0.255 e. The molecule has 2 saturated heterocycles. The Kier molecular flexibility index (Phi) is 5.98. The molecule has 1 aromatic rings. The molecule has 4 nitrogen and oxygen atoms in total. The Morgan fingerprint density at radius 1 is 1.08 bits per heavy atom. The molecule has 0 saturated carbocycles. The highest BCUT2D eigenvalue weighted by Crippen LogP contribution is 2.27. The summed E-state index contributed by atoms with van der Waals surface area (Å²) in [6.07, 6.45) is 3.82. The van der Waals surface area contributed by atoms with Crippen molar-refractivity contribution in [3.05, 3.63) is 33.6 Å². The summed E-state index contributed by atoms with van der Waals surface area (Å²) in [6.45, 7) is 2.34. The molecule has 2 aliphatic rings. The van der Waals surface area contributed by atoms with Gasteiger partial charge in [-0.15, -0.1) is 0 Å². The van der Waals surface area contributed by atoms with E-state index in [1.54, 1.807) is 4.90 Å². The number of halogens is 3. The van der Waals surface area contributed by atoms with Crippen LogP contribution in [0.2, 0.25) is 10.0 Å². The van der Waals surface area contributed by atoms with E-state index >= 15 is 0 Å². The van der Waals surface area contributed by atoms with Crippen LogP contribution in [0, 0.1) is 5.82 Å². The van der Waals surface area contributed by atoms with Crippen molar-refractivity contribution < 1.29 is 18.7 Å². The molecule has 0 radical (unpaired) electrons. The molecule has 7 heteroatoms. The first-order valence-corrected chi connectivity index (χ1v) is 8.97. The number of rotatable bonds is 5. The van der Waals surface area contributed by atoms with E-state index < -0.39 is 5.82 Å². The van der Waals surface area contributed by atoms with Crippen molar-refractivity contribution in [2.75, 3.05) is 26.3 Å². The third kappa shape index (κ3) is 4.20. The van der Waals surface area contributed by atoms with Crippen LogP contribution in [0.25, 0.3) is 0 Å². The lowest BCUT2D eigenvalue weighted by molar-refractivity contribution is 0.0307. The third-order valence-electron chi connectivity index (χ3n) is 4.42. The van der Waals surface area contributed by atoms with Crippen molar-refractivity contribution in [3.8, 4) is 0 Å². The summed E-state index contributed by atoms with van der Waals surface area (Å²) in [7, 11) is 0. The fourth-order valence-electron chi connectivity index (χ4n) is 3.17. The third-order valence-corrected chi connectivity index (χ3v) is 5.03. The van der Waals surface area contributed by atoms with Crippen molar-refractivity contribution in [2.45, 2.75) is 37.9 Å². The van der Waals surface area contributed by atoms with Crippen LogP contribution < -0.4 is 0 Å². The van der Waals surface area contributed by atoms with Gasteiger partial charge in [0.05, 0.1) is 27.8 Å². The van der Waals surface area contributed by atoms with Crippen molar-refractivity contribution in [1.29, 1.82) is 0 Å². The van der Waals surface area contributed by atoms with Gasteiger partial charge < -0.3 is 14.4 Å². The van der Waals surface area contributed by atoms with Gasteiger partial charge in [0, 0.05) is 26.3 Å². The van der Waals surface area contributed by atoms with Crippen LogP contribution in [-0.2, 0) is 9.47 Å².